The molecule has 0 bridgehead atoms. The van der Waals surface area contributed by atoms with Crippen molar-refractivity contribution < 1.29 is 14.3 Å². The van der Waals surface area contributed by atoms with Crippen LogP contribution in [0.3, 0.4) is 0 Å². The molecule has 82 valence electrons. The van der Waals surface area contributed by atoms with E-state index in [1.807, 2.05) is 0 Å². The molecule has 1 aromatic carbocycles. The van der Waals surface area contributed by atoms with Gasteiger partial charge >= 0.3 is 5.97 Å². The van der Waals surface area contributed by atoms with Crippen molar-refractivity contribution in [3.8, 4) is 6.07 Å². The molecule has 0 aliphatic carbocycles. The van der Waals surface area contributed by atoms with Crippen LogP contribution in [-0.4, -0.2) is 17.6 Å². The zero-order valence-electron chi connectivity index (χ0n) is 8.33. The summed E-state index contributed by atoms with van der Waals surface area (Å²) in [7, 11) is 0. The normalized spacial score (nSPS) is 9.25. The SMILES string of the molecule is C=C(CNc1ccc(F)c(C#N)c1)C(=O)O. The molecule has 0 aromatic heterocycles. The maximum absolute atomic E-state index is 12.9. The number of anilines is 1. The number of carbonyl (C=O) groups is 1. The molecule has 0 saturated carbocycles. The Morgan fingerprint density at radius 3 is 2.88 bits per heavy atom. The number of benzene rings is 1. The molecule has 0 heterocycles. The monoisotopic (exact) mass is 220 g/mol. The molecule has 2 N–H and O–H groups in total. The fourth-order valence-electron chi connectivity index (χ4n) is 1.01. The van der Waals surface area contributed by atoms with Crippen molar-refractivity contribution in [1.82, 2.24) is 0 Å². The summed E-state index contributed by atoms with van der Waals surface area (Å²) >= 11 is 0. The van der Waals surface area contributed by atoms with E-state index in [0.29, 0.717) is 5.69 Å². The highest BCUT2D eigenvalue weighted by Gasteiger charge is 2.05. The first kappa shape index (κ1) is 11.7. The van der Waals surface area contributed by atoms with Crippen molar-refractivity contribution in [3.05, 3.63) is 41.7 Å². The smallest absolute Gasteiger partial charge is 0.332 e. The van der Waals surface area contributed by atoms with Gasteiger partial charge in [-0.2, -0.15) is 5.26 Å². The van der Waals surface area contributed by atoms with E-state index in [4.69, 9.17) is 10.4 Å². The topological polar surface area (TPSA) is 73.1 Å². The quantitative estimate of drug-likeness (QED) is 0.758. The lowest BCUT2D eigenvalue weighted by molar-refractivity contribution is -0.132. The second-order valence-electron chi connectivity index (χ2n) is 3.07. The average Bonchev–Trinajstić information content (AvgIpc) is 2.27. The first-order valence-electron chi connectivity index (χ1n) is 4.39. The zero-order chi connectivity index (χ0) is 12.1. The van der Waals surface area contributed by atoms with Crippen LogP contribution in [0, 0.1) is 17.1 Å². The molecule has 5 heteroatoms. The molecule has 0 unspecified atom stereocenters. The minimum atomic E-state index is -1.10. The van der Waals surface area contributed by atoms with Gasteiger partial charge in [0.05, 0.1) is 5.56 Å². The van der Waals surface area contributed by atoms with Gasteiger partial charge in [-0.1, -0.05) is 6.58 Å². The van der Waals surface area contributed by atoms with Gasteiger partial charge in [-0.25, -0.2) is 9.18 Å². The predicted molar refractivity (Wildman–Crippen MR) is 56.4 cm³/mol. The average molecular weight is 220 g/mol. The number of carboxylic acid groups (broad SMARTS) is 1. The maximum Gasteiger partial charge on any atom is 0.332 e. The third kappa shape index (κ3) is 2.82. The van der Waals surface area contributed by atoms with Crippen LogP contribution in [0.15, 0.2) is 30.4 Å². The van der Waals surface area contributed by atoms with E-state index < -0.39 is 11.8 Å². The van der Waals surface area contributed by atoms with E-state index >= 15 is 0 Å². The molecular formula is C11H9FN2O2. The van der Waals surface area contributed by atoms with Crippen LogP contribution in [-0.2, 0) is 4.79 Å². The van der Waals surface area contributed by atoms with Gasteiger partial charge in [-0.15, -0.1) is 0 Å². The van der Waals surface area contributed by atoms with Crippen LogP contribution >= 0.6 is 0 Å². The van der Waals surface area contributed by atoms with E-state index in [-0.39, 0.29) is 17.7 Å². The van der Waals surface area contributed by atoms with E-state index in [0.717, 1.165) is 6.07 Å². The second-order valence-corrected chi connectivity index (χ2v) is 3.07. The number of nitrogens with zero attached hydrogens (tertiary/aromatic N) is 1. The number of hydrogen-bond acceptors (Lipinski definition) is 3. The lowest BCUT2D eigenvalue weighted by Crippen LogP contribution is -2.11. The number of aliphatic carboxylic acids is 1. The molecular weight excluding hydrogens is 211 g/mol. The Morgan fingerprint density at radius 1 is 1.62 bits per heavy atom. The largest absolute Gasteiger partial charge is 0.478 e. The van der Waals surface area contributed by atoms with Crippen molar-refractivity contribution >= 4 is 11.7 Å². The number of carboxylic acids is 1. The summed E-state index contributed by atoms with van der Waals surface area (Å²) in [6.07, 6.45) is 0. The van der Waals surface area contributed by atoms with Gasteiger partial charge in [0.2, 0.25) is 0 Å². The van der Waals surface area contributed by atoms with Crippen molar-refractivity contribution in [2.45, 2.75) is 0 Å². The molecule has 0 spiro atoms. The fraction of sp³-hybridized carbons (Fsp3) is 0.0909. The first-order chi connectivity index (χ1) is 7.54. The Kier molecular flexibility index (Phi) is 3.62. The molecule has 4 nitrogen and oxygen atoms in total. The van der Waals surface area contributed by atoms with Gasteiger partial charge in [-0.05, 0) is 18.2 Å². The molecule has 0 fully saturated rings. The van der Waals surface area contributed by atoms with E-state index in [1.54, 1.807) is 6.07 Å². The lowest BCUT2D eigenvalue weighted by atomic mass is 10.2. The molecule has 1 rings (SSSR count). The number of halogens is 1. The highest BCUT2D eigenvalue weighted by Crippen LogP contribution is 2.14. The van der Waals surface area contributed by atoms with Crippen molar-refractivity contribution in [3.63, 3.8) is 0 Å². The van der Waals surface area contributed by atoms with Gasteiger partial charge in [0, 0.05) is 17.8 Å². The fourth-order valence-corrected chi connectivity index (χ4v) is 1.01. The second kappa shape index (κ2) is 4.94. The molecule has 0 saturated heterocycles. The third-order valence-corrected chi connectivity index (χ3v) is 1.90. The zero-order valence-corrected chi connectivity index (χ0v) is 8.33. The van der Waals surface area contributed by atoms with Crippen LogP contribution in [0.5, 0.6) is 0 Å². The standard InChI is InChI=1S/C11H9FN2O2/c1-7(11(15)16)6-14-9-2-3-10(12)8(4-9)5-13/h2-4,14H,1,6H2,(H,15,16). The number of nitriles is 1. The van der Waals surface area contributed by atoms with Gasteiger partial charge in [0.15, 0.2) is 0 Å². The number of rotatable bonds is 4. The summed E-state index contributed by atoms with van der Waals surface area (Å²) in [6.45, 7) is 3.36. The molecule has 0 atom stereocenters. The van der Waals surface area contributed by atoms with Crippen LogP contribution in [0.1, 0.15) is 5.56 Å². The Morgan fingerprint density at radius 2 is 2.31 bits per heavy atom. The third-order valence-electron chi connectivity index (χ3n) is 1.90. The van der Waals surface area contributed by atoms with Crippen LogP contribution in [0.4, 0.5) is 10.1 Å². The Hall–Kier alpha value is -2.35. The minimum Gasteiger partial charge on any atom is -0.478 e. The molecule has 0 aliphatic rings. The summed E-state index contributed by atoms with van der Waals surface area (Å²) in [4.78, 5) is 10.4. The van der Waals surface area contributed by atoms with Crippen molar-refractivity contribution in [2.24, 2.45) is 0 Å². The van der Waals surface area contributed by atoms with Crippen molar-refractivity contribution in [2.75, 3.05) is 11.9 Å². The molecule has 0 radical (unpaired) electrons. The van der Waals surface area contributed by atoms with Crippen LogP contribution < -0.4 is 5.32 Å². The van der Waals surface area contributed by atoms with E-state index in [9.17, 15) is 9.18 Å². The number of hydrogen-bond donors (Lipinski definition) is 2. The van der Waals surface area contributed by atoms with Gasteiger partial charge in [0.1, 0.15) is 11.9 Å². The molecule has 0 amide bonds. The maximum atomic E-state index is 12.9. The Balaban J connectivity index is 2.73. The summed E-state index contributed by atoms with van der Waals surface area (Å²) in [5.74, 6) is -1.71. The molecule has 0 aliphatic heterocycles. The summed E-state index contributed by atoms with van der Waals surface area (Å²) in [6, 6.07) is 5.57. The van der Waals surface area contributed by atoms with Crippen molar-refractivity contribution in [1.29, 1.82) is 5.26 Å². The minimum absolute atomic E-state index is 0.0113. The lowest BCUT2D eigenvalue weighted by Gasteiger charge is -2.06. The van der Waals surface area contributed by atoms with Crippen LogP contribution in [0.25, 0.3) is 0 Å². The summed E-state index contributed by atoms with van der Waals surface area (Å²) < 4.78 is 12.9. The van der Waals surface area contributed by atoms with E-state index in [2.05, 4.69) is 11.9 Å². The molecule has 1 aromatic rings. The predicted octanol–water partition coefficient (Wildman–Crippen LogP) is 1.75. The number of nitrogens with one attached hydrogen (secondary N) is 1. The molecule has 16 heavy (non-hydrogen) atoms. The Labute approximate surface area is 91.6 Å². The van der Waals surface area contributed by atoms with E-state index in [1.165, 1.54) is 12.1 Å². The Bertz CT molecular complexity index is 477. The highest BCUT2D eigenvalue weighted by molar-refractivity contribution is 5.86. The summed E-state index contributed by atoms with van der Waals surface area (Å²) in [5.41, 5.74) is 0.370. The van der Waals surface area contributed by atoms with Gasteiger partial charge in [0.25, 0.3) is 0 Å². The van der Waals surface area contributed by atoms with Gasteiger partial charge in [-0.3, -0.25) is 0 Å². The van der Waals surface area contributed by atoms with Gasteiger partial charge < -0.3 is 10.4 Å². The first-order valence-corrected chi connectivity index (χ1v) is 4.39. The van der Waals surface area contributed by atoms with Crippen LogP contribution in [0.2, 0.25) is 0 Å². The highest BCUT2D eigenvalue weighted by atomic mass is 19.1. The summed E-state index contributed by atoms with van der Waals surface area (Å²) in [5, 5.41) is 19.9.